The molecule has 0 heterocycles. The van der Waals surface area contributed by atoms with Gasteiger partial charge in [0.1, 0.15) is 12.7 Å². The zero-order chi connectivity index (χ0) is 18.9. The van der Waals surface area contributed by atoms with Gasteiger partial charge in [-0.2, -0.15) is 0 Å². The van der Waals surface area contributed by atoms with E-state index in [4.69, 9.17) is 0 Å². The lowest BCUT2D eigenvalue weighted by Gasteiger charge is -2.58. The monoisotopic (exact) mass is 358 g/mol. The SMILES string of the molecule is C=C1C[C@H]2[C@@H]3CCC4=CC(O)C(=O)C[C@]4(C)[C@H]3CC[C@]2(C)[C@H]1C(=O)CO. The summed E-state index contributed by atoms with van der Waals surface area (Å²) < 4.78 is 0. The van der Waals surface area contributed by atoms with Crippen LogP contribution in [0, 0.1) is 34.5 Å². The summed E-state index contributed by atoms with van der Waals surface area (Å²) in [6.45, 7) is 8.22. The average molecular weight is 358 g/mol. The Bertz CT molecular complexity index is 707. The molecular formula is C22H30O4. The molecule has 0 aromatic rings. The van der Waals surface area contributed by atoms with Gasteiger partial charge in [-0.15, -0.1) is 0 Å². The van der Waals surface area contributed by atoms with Crippen LogP contribution in [0.4, 0.5) is 0 Å². The number of fused-ring (bicyclic) bond motifs is 5. The van der Waals surface area contributed by atoms with Crippen LogP contribution in [0.25, 0.3) is 0 Å². The molecule has 0 aromatic carbocycles. The molecule has 0 aliphatic heterocycles. The van der Waals surface area contributed by atoms with E-state index >= 15 is 0 Å². The Labute approximate surface area is 155 Å². The van der Waals surface area contributed by atoms with Crippen molar-refractivity contribution in [2.45, 2.75) is 58.5 Å². The van der Waals surface area contributed by atoms with Crippen LogP contribution in [0.5, 0.6) is 0 Å². The van der Waals surface area contributed by atoms with Gasteiger partial charge < -0.3 is 10.2 Å². The fourth-order valence-electron chi connectivity index (χ4n) is 7.24. The summed E-state index contributed by atoms with van der Waals surface area (Å²) in [5, 5.41) is 19.4. The summed E-state index contributed by atoms with van der Waals surface area (Å²) in [4.78, 5) is 24.7. The molecule has 4 aliphatic rings. The highest BCUT2D eigenvalue weighted by atomic mass is 16.3. The molecule has 0 radical (unpaired) electrons. The van der Waals surface area contributed by atoms with E-state index in [2.05, 4.69) is 20.4 Å². The van der Waals surface area contributed by atoms with E-state index in [0.29, 0.717) is 24.2 Å². The Morgan fingerprint density at radius 2 is 2.04 bits per heavy atom. The van der Waals surface area contributed by atoms with Crippen molar-refractivity contribution in [2.24, 2.45) is 34.5 Å². The third-order valence-corrected chi connectivity index (χ3v) is 8.43. The van der Waals surface area contributed by atoms with Crippen molar-refractivity contribution >= 4 is 11.6 Å². The smallest absolute Gasteiger partial charge is 0.166 e. The van der Waals surface area contributed by atoms with Crippen LogP contribution in [0.3, 0.4) is 0 Å². The maximum atomic E-state index is 12.4. The summed E-state index contributed by atoms with van der Waals surface area (Å²) in [6, 6.07) is 0. The van der Waals surface area contributed by atoms with Gasteiger partial charge in [0.2, 0.25) is 0 Å². The van der Waals surface area contributed by atoms with E-state index in [1.807, 2.05) is 6.08 Å². The van der Waals surface area contributed by atoms with E-state index < -0.39 is 12.7 Å². The van der Waals surface area contributed by atoms with Crippen LogP contribution in [0.1, 0.15) is 52.4 Å². The highest BCUT2D eigenvalue weighted by molar-refractivity contribution is 5.87. The van der Waals surface area contributed by atoms with Gasteiger partial charge in [0, 0.05) is 12.3 Å². The Kier molecular flexibility index (Phi) is 4.09. The number of Topliss-reactive ketones (excluding diaryl/α,β-unsaturated/α-hetero) is 2. The van der Waals surface area contributed by atoms with Crippen molar-refractivity contribution in [1.29, 1.82) is 0 Å². The minimum atomic E-state index is -0.929. The first-order chi connectivity index (χ1) is 12.2. The first-order valence-electron chi connectivity index (χ1n) is 9.95. The van der Waals surface area contributed by atoms with Gasteiger partial charge in [0.05, 0.1) is 0 Å². The highest BCUT2D eigenvalue weighted by Crippen LogP contribution is 2.67. The molecule has 4 nitrogen and oxygen atoms in total. The van der Waals surface area contributed by atoms with Crippen LogP contribution in [0.2, 0.25) is 0 Å². The molecule has 0 spiro atoms. The normalized spacial score (nSPS) is 47.7. The van der Waals surface area contributed by atoms with E-state index in [1.54, 1.807) is 0 Å². The molecule has 0 bridgehead atoms. The number of rotatable bonds is 2. The molecule has 0 aromatic heterocycles. The quantitative estimate of drug-likeness (QED) is 0.745. The highest BCUT2D eigenvalue weighted by Gasteiger charge is 2.61. The number of carbonyl (C=O) groups excluding carboxylic acids is 2. The van der Waals surface area contributed by atoms with E-state index in [0.717, 1.165) is 37.7 Å². The van der Waals surface area contributed by atoms with Crippen molar-refractivity contribution in [3.05, 3.63) is 23.8 Å². The lowest BCUT2D eigenvalue weighted by Crippen LogP contribution is -2.52. The number of hydrogen-bond donors (Lipinski definition) is 2. The second-order valence-corrected chi connectivity index (χ2v) is 9.58. The van der Waals surface area contributed by atoms with Crippen molar-refractivity contribution in [1.82, 2.24) is 0 Å². The molecule has 142 valence electrons. The molecule has 1 unspecified atom stereocenters. The summed E-state index contributed by atoms with van der Waals surface area (Å²) in [5.41, 5.74) is 1.97. The molecule has 26 heavy (non-hydrogen) atoms. The van der Waals surface area contributed by atoms with Gasteiger partial charge in [-0.25, -0.2) is 0 Å². The summed E-state index contributed by atoms with van der Waals surface area (Å²) in [6.07, 6.45) is 6.10. The largest absolute Gasteiger partial charge is 0.389 e. The van der Waals surface area contributed by atoms with Crippen LogP contribution in [0.15, 0.2) is 23.8 Å². The summed E-state index contributed by atoms with van der Waals surface area (Å²) in [5.74, 6) is 0.930. The number of ketones is 2. The zero-order valence-corrected chi connectivity index (χ0v) is 15.8. The van der Waals surface area contributed by atoms with Gasteiger partial charge in [-0.1, -0.05) is 31.6 Å². The minimum Gasteiger partial charge on any atom is -0.389 e. The first kappa shape index (κ1) is 18.1. The average Bonchev–Trinajstić information content (AvgIpc) is 2.86. The van der Waals surface area contributed by atoms with E-state index in [-0.39, 0.29) is 28.3 Å². The lowest BCUT2D eigenvalue weighted by atomic mass is 9.46. The predicted molar refractivity (Wildman–Crippen MR) is 98.2 cm³/mol. The Hall–Kier alpha value is -1.26. The summed E-state index contributed by atoms with van der Waals surface area (Å²) in [7, 11) is 0. The maximum absolute atomic E-state index is 12.4. The topological polar surface area (TPSA) is 74.6 Å². The molecule has 4 aliphatic carbocycles. The van der Waals surface area contributed by atoms with Crippen LogP contribution in [-0.4, -0.2) is 34.5 Å². The van der Waals surface area contributed by atoms with Gasteiger partial charge in [-0.05, 0) is 66.8 Å². The first-order valence-corrected chi connectivity index (χ1v) is 9.95. The van der Waals surface area contributed by atoms with Crippen LogP contribution >= 0.6 is 0 Å². The maximum Gasteiger partial charge on any atom is 0.166 e. The number of aliphatic hydroxyl groups is 2. The van der Waals surface area contributed by atoms with Gasteiger partial charge in [0.25, 0.3) is 0 Å². The molecule has 4 rings (SSSR count). The van der Waals surface area contributed by atoms with Gasteiger partial charge in [-0.3, -0.25) is 9.59 Å². The number of hydrogen-bond acceptors (Lipinski definition) is 4. The van der Waals surface area contributed by atoms with Gasteiger partial charge >= 0.3 is 0 Å². The fraction of sp³-hybridized carbons (Fsp3) is 0.727. The standard InChI is InChI=1S/C22H30O4/c1-12-8-16-14-5-4-13-9-17(24)18(25)10-22(13,3)15(14)6-7-21(16,2)20(12)19(26)11-23/h9,14-17,20,23-24H,1,4-8,10-11H2,2-3H3/t14-,15+,16+,17?,20-,21+,22+/m1/s1. The minimum absolute atomic E-state index is 0.0607. The second-order valence-electron chi connectivity index (χ2n) is 9.58. The Morgan fingerprint density at radius 3 is 2.73 bits per heavy atom. The molecule has 7 atom stereocenters. The molecule has 0 saturated heterocycles. The second kappa shape index (κ2) is 5.87. The summed E-state index contributed by atoms with van der Waals surface area (Å²) >= 11 is 0. The van der Waals surface area contributed by atoms with Gasteiger partial charge in [0.15, 0.2) is 11.6 Å². The lowest BCUT2D eigenvalue weighted by molar-refractivity contribution is -0.134. The zero-order valence-electron chi connectivity index (χ0n) is 15.8. The predicted octanol–water partition coefficient (Wildman–Crippen LogP) is 2.83. The third-order valence-electron chi connectivity index (χ3n) is 8.43. The third kappa shape index (κ3) is 2.27. The van der Waals surface area contributed by atoms with Crippen molar-refractivity contribution in [3.63, 3.8) is 0 Å². The number of aliphatic hydroxyl groups excluding tert-OH is 2. The Balaban J connectivity index is 1.69. The van der Waals surface area contributed by atoms with Crippen LogP contribution in [-0.2, 0) is 9.59 Å². The van der Waals surface area contributed by atoms with Crippen molar-refractivity contribution < 1.29 is 19.8 Å². The molecule has 3 fully saturated rings. The molecule has 0 amide bonds. The molecule has 3 saturated carbocycles. The molecule has 4 heteroatoms. The van der Waals surface area contributed by atoms with Crippen molar-refractivity contribution in [3.8, 4) is 0 Å². The molecular weight excluding hydrogens is 328 g/mol. The molecule has 2 N–H and O–H groups in total. The van der Waals surface area contributed by atoms with E-state index in [1.165, 1.54) is 5.57 Å². The number of allylic oxidation sites excluding steroid dienone is 2. The van der Waals surface area contributed by atoms with Crippen molar-refractivity contribution in [2.75, 3.05) is 6.61 Å². The Morgan fingerprint density at radius 1 is 1.31 bits per heavy atom. The number of carbonyl (C=O) groups is 2. The van der Waals surface area contributed by atoms with E-state index in [9.17, 15) is 19.8 Å². The fourth-order valence-corrected chi connectivity index (χ4v) is 7.24. The van der Waals surface area contributed by atoms with Crippen LogP contribution < -0.4 is 0 Å².